The number of imidazole rings is 2. The van der Waals surface area contributed by atoms with Crippen LogP contribution >= 0.6 is 0 Å². The van der Waals surface area contributed by atoms with Gasteiger partial charge in [0.1, 0.15) is 18.2 Å². The zero-order valence-electron chi connectivity index (χ0n) is 14.9. The average Bonchev–Trinajstić information content (AvgIpc) is 3.37. The Labute approximate surface area is 160 Å². The molecule has 0 radical (unpaired) electrons. The predicted octanol–water partition coefficient (Wildman–Crippen LogP) is 3.61. The maximum absolute atomic E-state index is 13.1. The molecule has 2 aromatic carbocycles. The fraction of sp³-hybridized carbons (Fsp3) is 0.0952. The molecule has 0 fully saturated rings. The fourth-order valence-corrected chi connectivity index (χ4v) is 2.86. The minimum Gasteiger partial charge on any atom is -0.453 e. The van der Waals surface area contributed by atoms with Crippen molar-refractivity contribution in [3.05, 3.63) is 102 Å². The molecule has 0 saturated carbocycles. The molecule has 4 rings (SSSR count). The zero-order valence-corrected chi connectivity index (χ0v) is 14.9. The van der Waals surface area contributed by atoms with Gasteiger partial charge in [-0.2, -0.15) is 0 Å². The second kappa shape index (κ2) is 7.87. The molecule has 0 aliphatic rings. The van der Waals surface area contributed by atoms with Crippen molar-refractivity contribution in [1.29, 1.82) is 0 Å². The number of aromatic nitrogens is 4. The summed E-state index contributed by atoms with van der Waals surface area (Å²) in [6, 6.07) is 15.7. The highest BCUT2D eigenvalue weighted by atomic mass is 19.1. The van der Waals surface area contributed by atoms with E-state index in [1.165, 1.54) is 24.7 Å². The largest absolute Gasteiger partial charge is 0.453 e. The molecule has 7 heteroatoms. The molecule has 6 nitrogen and oxygen atoms in total. The van der Waals surface area contributed by atoms with Gasteiger partial charge >= 0.3 is 5.97 Å². The van der Waals surface area contributed by atoms with Gasteiger partial charge in [-0.15, -0.1) is 0 Å². The Morgan fingerprint density at radius 1 is 1.07 bits per heavy atom. The minimum absolute atomic E-state index is 0.0350. The molecule has 2 heterocycles. The van der Waals surface area contributed by atoms with Crippen LogP contribution in [-0.2, 0) is 17.9 Å². The maximum Gasteiger partial charge on any atom is 0.357 e. The lowest BCUT2D eigenvalue weighted by Gasteiger charge is -2.10. The number of nitrogens with zero attached hydrogens (tertiary/aromatic N) is 4. The SMILES string of the molecule is O=C(OCc1nccn1Cc1ccccc1)c1cncn1-c1ccc(F)cc1. The lowest BCUT2D eigenvalue weighted by molar-refractivity contribution is 0.0449. The van der Waals surface area contributed by atoms with Gasteiger partial charge in [0.2, 0.25) is 0 Å². The summed E-state index contributed by atoms with van der Waals surface area (Å²) in [5.74, 6) is -0.237. The van der Waals surface area contributed by atoms with Crippen LogP contribution in [0.1, 0.15) is 21.9 Å². The normalized spacial score (nSPS) is 10.8. The Morgan fingerprint density at radius 3 is 2.64 bits per heavy atom. The number of rotatable bonds is 6. The lowest BCUT2D eigenvalue weighted by Crippen LogP contribution is -2.13. The van der Waals surface area contributed by atoms with E-state index < -0.39 is 5.97 Å². The number of carbonyl (C=O) groups is 1. The summed E-state index contributed by atoms with van der Waals surface area (Å²) < 4.78 is 22.1. The van der Waals surface area contributed by atoms with Crippen LogP contribution in [0.15, 0.2) is 79.5 Å². The summed E-state index contributed by atoms with van der Waals surface area (Å²) in [7, 11) is 0. The number of esters is 1. The number of benzene rings is 2. The molecule has 0 spiro atoms. The van der Waals surface area contributed by atoms with Crippen LogP contribution in [0.2, 0.25) is 0 Å². The summed E-state index contributed by atoms with van der Waals surface area (Å²) in [5.41, 5.74) is 2.01. The van der Waals surface area contributed by atoms with E-state index in [-0.39, 0.29) is 18.1 Å². The third kappa shape index (κ3) is 3.83. The van der Waals surface area contributed by atoms with Crippen molar-refractivity contribution in [1.82, 2.24) is 19.1 Å². The second-order valence-electron chi connectivity index (χ2n) is 6.16. The molecular formula is C21H17FN4O2. The molecule has 4 aromatic rings. The van der Waals surface area contributed by atoms with E-state index in [0.29, 0.717) is 18.1 Å². The van der Waals surface area contributed by atoms with Gasteiger partial charge < -0.3 is 9.30 Å². The van der Waals surface area contributed by atoms with Gasteiger partial charge in [0, 0.05) is 24.6 Å². The van der Waals surface area contributed by atoms with E-state index in [9.17, 15) is 9.18 Å². The van der Waals surface area contributed by atoms with E-state index in [1.54, 1.807) is 22.9 Å². The summed E-state index contributed by atoms with van der Waals surface area (Å²) >= 11 is 0. The van der Waals surface area contributed by atoms with Crippen molar-refractivity contribution >= 4 is 5.97 Å². The minimum atomic E-state index is -0.531. The van der Waals surface area contributed by atoms with Gasteiger partial charge in [-0.25, -0.2) is 19.2 Å². The Kier molecular flexibility index (Phi) is 4.97. The highest BCUT2D eigenvalue weighted by Crippen LogP contribution is 2.14. The molecule has 0 aliphatic carbocycles. The maximum atomic E-state index is 13.1. The van der Waals surface area contributed by atoms with Crippen molar-refractivity contribution in [3.8, 4) is 5.69 Å². The first-order valence-electron chi connectivity index (χ1n) is 8.70. The van der Waals surface area contributed by atoms with Gasteiger partial charge in [-0.1, -0.05) is 30.3 Å². The Hall–Kier alpha value is -3.74. The molecule has 0 N–H and O–H groups in total. The van der Waals surface area contributed by atoms with Gasteiger partial charge in [-0.3, -0.25) is 4.57 Å². The van der Waals surface area contributed by atoms with E-state index in [0.717, 1.165) is 5.56 Å². The predicted molar refractivity (Wildman–Crippen MR) is 100 cm³/mol. The van der Waals surface area contributed by atoms with E-state index >= 15 is 0 Å². The zero-order chi connectivity index (χ0) is 19.3. The van der Waals surface area contributed by atoms with Crippen LogP contribution in [0.3, 0.4) is 0 Å². The van der Waals surface area contributed by atoms with Crippen molar-refractivity contribution in [2.75, 3.05) is 0 Å². The molecule has 0 bridgehead atoms. The Bertz CT molecular complexity index is 1070. The van der Waals surface area contributed by atoms with Crippen LogP contribution in [-0.4, -0.2) is 25.1 Å². The fourth-order valence-electron chi connectivity index (χ4n) is 2.86. The first kappa shape index (κ1) is 17.7. The average molecular weight is 376 g/mol. The third-order valence-corrected chi connectivity index (χ3v) is 4.28. The van der Waals surface area contributed by atoms with Gasteiger partial charge in [0.05, 0.1) is 12.5 Å². The molecule has 2 aromatic heterocycles. The number of ether oxygens (including phenoxy) is 1. The highest BCUT2D eigenvalue weighted by Gasteiger charge is 2.16. The summed E-state index contributed by atoms with van der Waals surface area (Å²) in [4.78, 5) is 20.8. The van der Waals surface area contributed by atoms with Crippen LogP contribution in [0, 0.1) is 5.82 Å². The van der Waals surface area contributed by atoms with Crippen LogP contribution < -0.4 is 0 Å². The van der Waals surface area contributed by atoms with Gasteiger partial charge in [-0.05, 0) is 29.8 Å². The van der Waals surface area contributed by atoms with Gasteiger partial charge in [0.15, 0.2) is 5.69 Å². The van der Waals surface area contributed by atoms with Crippen molar-refractivity contribution < 1.29 is 13.9 Å². The highest BCUT2D eigenvalue weighted by molar-refractivity contribution is 5.88. The quantitative estimate of drug-likeness (QED) is 0.482. The molecule has 0 aliphatic heterocycles. The summed E-state index contributed by atoms with van der Waals surface area (Å²) in [6.45, 7) is 0.675. The third-order valence-electron chi connectivity index (χ3n) is 4.28. The lowest BCUT2D eigenvalue weighted by atomic mass is 10.2. The second-order valence-corrected chi connectivity index (χ2v) is 6.16. The summed E-state index contributed by atoms with van der Waals surface area (Å²) in [5, 5.41) is 0. The number of carbonyl (C=O) groups excluding carboxylic acids is 1. The molecule has 0 saturated heterocycles. The monoisotopic (exact) mass is 376 g/mol. The molecule has 0 amide bonds. The topological polar surface area (TPSA) is 61.9 Å². The van der Waals surface area contributed by atoms with Crippen LogP contribution in [0.25, 0.3) is 5.69 Å². The molecule has 140 valence electrons. The van der Waals surface area contributed by atoms with E-state index in [1.807, 2.05) is 41.1 Å². The smallest absolute Gasteiger partial charge is 0.357 e. The first-order valence-corrected chi connectivity index (χ1v) is 8.70. The first-order chi connectivity index (χ1) is 13.7. The standard InChI is InChI=1S/C21H17FN4O2/c22-17-6-8-18(9-7-17)26-15-23-12-19(26)21(27)28-14-20-24-10-11-25(20)13-16-4-2-1-3-5-16/h1-12,15H,13-14H2. The van der Waals surface area contributed by atoms with Gasteiger partial charge in [0.25, 0.3) is 0 Å². The van der Waals surface area contributed by atoms with Crippen LogP contribution in [0.5, 0.6) is 0 Å². The Morgan fingerprint density at radius 2 is 1.86 bits per heavy atom. The molecule has 0 unspecified atom stereocenters. The van der Waals surface area contributed by atoms with E-state index in [4.69, 9.17) is 4.74 Å². The molecular weight excluding hydrogens is 359 g/mol. The van der Waals surface area contributed by atoms with Crippen LogP contribution in [0.4, 0.5) is 4.39 Å². The number of hydrogen-bond donors (Lipinski definition) is 0. The van der Waals surface area contributed by atoms with Crippen molar-refractivity contribution in [3.63, 3.8) is 0 Å². The number of hydrogen-bond acceptors (Lipinski definition) is 4. The van der Waals surface area contributed by atoms with Crippen molar-refractivity contribution in [2.45, 2.75) is 13.2 Å². The van der Waals surface area contributed by atoms with Crippen molar-refractivity contribution in [2.24, 2.45) is 0 Å². The number of halogens is 1. The molecule has 28 heavy (non-hydrogen) atoms. The molecule has 0 atom stereocenters. The Balaban J connectivity index is 1.46. The van der Waals surface area contributed by atoms with E-state index in [2.05, 4.69) is 9.97 Å². The summed E-state index contributed by atoms with van der Waals surface area (Å²) in [6.07, 6.45) is 6.43.